The number of hydrogen-bond donors (Lipinski definition) is 1. The van der Waals surface area contributed by atoms with Crippen molar-refractivity contribution in [3.63, 3.8) is 0 Å². The minimum atomic E-state index is -0.119. The van der Waals surface area contributed by atoms with E-state index < -0.39 is 0 Å². The number of benzene rings is 1. The molecule has 1 unspecified atom stereocenters. The fourth-order valence-corrected chi connectivity index (χ4v) is 3.68. The van der Waals surface area contributed by atoms with Gasteiger partial charge >= 0.3 is 0 Å². The van der Waals surface area contributed by atoms with Crippen LogP contribution < -0.4 is 10.2 Å². The van der Waals surface area contributed by atoms with E-state index in [1.54, 1.807) is 4.68 Å². The zero-order valence-electron chi connectivity index (χ0n) is 15.4. The van der Waals surface area contributed by atoms with Crippen molar-refractivity contribution in [2.75, 3.05) is 18.0 Å². The summed E-state index contributed by atoms with van der Waals surface area (Å²) >= 11 is 6.05. The van der Waals surface area contributed by atoms with Gasteiger partial charge in [0.2, 0.25) is 0 Å². The monoisotopic (exact) mass is 383 g/mol. The van der Waals surface area contributed by atoms with E-state index in [-0.39, 0.29) is 11.9 Å². The minimum absolute atomic E-state index is 0.0799. The molecule has 1 aromatic carbocycles. The maximum Gasteiger partial charge on any atom is 0.272 e. The highest BCUT2D eigenvalue weighted by Gasteiger charge is 2.24. The highest BCUT2D eigenvalue weighted by molar-refractivity contribution is 6.31. The highest BCUT2D eigenvalue weighted by atomic mass is 35.5. The molecule has 0 spiro atoms. The van der Waals surface area contributed by atoms with Crippen LogP contribution in [0.1, 0.15) is 29.0 Å². The summed E-state index contributed by atoms with van der Waals surface area (Å²) in [6, 6.07) is 11.7. The number of amides is 1. The van der Waals surface area contributed by atoms with Gasteiger partial charge in [0.15, 0.2) is 0 Å². The van der Waals surface area contributed by atoms with Crippen LogP contribution in [0.5, 0.6) is 0 Å². The van der Waals surface area contributed by atoms with Gasteiger partial charge in [0.1, 0.15) is 11.5 Å². The summed E-state index contributed by atoms with van der Waals surface area (Å²) in [5, 5.41) is 9.12. The van der Waals surface area contributed by atoms with Gasteiger partial charge in [-0.05, 0) is 56.2 Å². The number of carbonyl (C=O) groups excluding carboxylic acids is 1. The van der Waals surface area contributed by atoms with Crippen molar-refractivity contribution in [1.82, 2.24) is 20.1 Å². The molecule has 7 heteroatoms. The SMILES string of the molecule is Cc1cc(C(=O)NC2CCCN(c3ccc4cc(Cl)ccc4n3)C2)nn1C. The summed E-state index contributed by atoms with van der Waals surface area (Å²) in [5.41, 5.74) is 2.35. The van der Waals surface area contributed by atoms with Gasteiger partial charge in [-0.2, -0.15) is 5.10 Å². The van der Waals surface area contributed by atoms with Crippen molar-refractivity contribution in [2.45, 2.75) is 25.8 Å². The van der Waals surface area contributed by atoms with Crippen LogP contribution in [0.3, 0.4) is 0 Å². The van der Waals surface area contributed by atoms with Gasteiger partial charge in [0, 0.05) is 42.3 Å². The third-order valence-corrected chi connectivity index (χ3v) is 5.30. The molecule has 0 radical (unpaired) electrons. The molecule has 1 atom stereocenters. The third-order valence-electron chi connectivity index (χ3n) is 5.06. The molecular formula is C20H22ClN5O. The van der Waals surface area contributed by atoms with Crippen molar-refractivity contribution in [2.24, 2.45) is 7.05 Å². The Morgan fingerprint density at radius 1 is 1.26 bits per heavy atom. The Hall–Kier alpha value is -2.60. The number of piperidine rings is 1. The summed E-state index contributed by atoms with van der Waals surface area (Å²) < 4.78 is 1.72. The lowest BCUT2D eigenvalue weighted by Crippen LogP contribution is -2.48. The van der Waals surface area contributed by atoms with E-state index in [1.807, 2.05) is 50.4 Å². The number of pyridine rings is 1. The fourth-order valence-electron chi connectivity index (χ4n) is 3.50. The van der Waals surface area contributed by atoms with Crippen molar-refractivity contribution in [3.05, 3.63) is 52.8 Å². The predicted octanol–water partition coefficient (Wildman–Crippen LogP) is 3.33. The Morgan fingerprint density at radius 3 is 2.89 bits per heavy atom. The molecule has 1 aliphatic rings. The van der Waals surface area contributed by atoms with Gasteiger partial charge in [-0.25, -0.2) is 4.98 Å². The average molecular weight is 384 g/mol. The van der Waals surface area contributed by atoms with Crippen LogP contribution in [-0.4, -0.2) is 39.8 Å². The molecule has 0 bridgehead atoms. The number of hydrogen-bond acceptors (Lipinski definition) is 4. The summed E-state index contributed by atoms with van der Waals surface area (Å²) in [6.07, 6.45) is 1.96. The lowest BCUT2D eigenvalue weighted by atomic mass is 10.1. The van der Waals surface area contributed by atoms with Crippen molar-refractivity contribution < 1.29 is 4.79 Å². The largest absolute Gasteiger partial charge is 0.355 e. The number of aromatic nitrogens is 3. The average Bonchev–Trinajstić information content (AvgIpc) is 3.00. The predicted molar refractivity (Wildman–Crippen MR) is 107 cm³/mol. The second-order valence-electron chi connectivity index (χ2n) is 7.06. The normalized spacial score (nSPS) is 17.3. The molecule has 2 aromatic heterocycles. The molecule has 1 fully saturated rings. The molecule has 0 saturated carbocycles. The van der Waals surface area contributed by atoms with Gasteiger partial charge in [-0.3, -0.25) is 9.48 Å². The zero-order valence-corrected chi connectivity index (χ0v) is 16.2. The molecule has 1 aliphatic heterocycles. The smallest absolute Gasteiger partial charge is 0.272 e. The number of fused-ring (bicyclic) bond motifs is 1. The van der Waals surface area contributed by atoms with E-state index in [1.165, 1.54) is 0 Å². The minimum Gasteiger partial charge on any atom is -0.355 e. The Labute approximate surface area is 163 Å². The van der Waals surface area contributed by atoms with Crippen LogP contribution in [0.25, 0.3) is 10.9 Å². The second-order valence-corrected chi connectivity index (χ2v) is 7.50. The van der Waals surface area contributed by atoms with E-state index >= 15 is 0 Å². The van der Waals surface area contributed by atoms with Gasteiger partial charge in [-0.1, -0.05) is 11.6 Å². The summed E-state index contributed by atoms with van der Waals surface area (Å²) in [4.78, 5) is 19.5. The number of nitrogens with zero attached hydrogens (tertiary/aromatic N) is 4. The van der Waals surface area contributed by atoms with E-state index in [2.05, 4.69) is 15.3 Å². The number of carbonyl (C=O) groups is 1. The Bertz CT molecular complexity index is 980. The van der Waals surface area contributed by atoms with Gasteiger partial charge < -0.3 is 10.2 Å². The molecule has 140 valence electrons. The summed E-state index contributed by atoms with van der Waals surface area (Å²) in [5.74, 6) is 0.809. The first kappa shape index (κ1) is 17.8. The number of halogens is 1. The van der Waals surface area contributed by atoms with Crippen LogP contribution >= 0.6 is 11.6 Å². The van der Waals surface area contributed by atoms with Crippen LogP contribution in [0, 0.1) is 6.92 Å². The van der Waals surface area contributed by atoms with Crippen LogP contribution in [0.2, 0.25) is 5.02 Å². The van der Waals surface area contributed by atoms with Gasteiger partial charge in [0.05, 0.1) is 5.52 Å². The molecular weight excluding hydrogens is 362 g/mol. The van der Waals surface area contributed by atoms with Gasteiger partial charge in [-0.15, -0.1) is 0 Å². The molecule has 1 saturated heterocycles. The topological polar surface area (TPSA) is 63.1 Å². The Kier molecular flexibility index (Phi) is 4.74. The molecule has 1 amide bonds. The number of nitrogens with one attached hydrogen (secondary N) is 1. The molecule has 1 N–H and O–H groups in total. The maximum atomic E-state index is 12.5. The van der Waals surface area contributed by atoms with E-state index in [4.69, 9.17) is 16.6 Å². The van der Waals surface area contributed by atoms with E-state index in [0.717, 1.165) is 48.3 Å². The standard InChI is InChI=1S/C20H22ClN5O/c1-13-10-18(24-25(13)2)20(27)22-16-4-3-9-26(12-16)19-8-5-14-11-15(21)6-7-17(14)23-19/h5-8,10-11,16H,3-4,9,12H2,1-2H3,(H,22,27). The first-order chi connectivity index (χ1) is 13.0. The second kappa shape index (κ2) is 7.19. The number of anilines is 1. The third kappa shape index (κ3) is 3.76. The molecule has 6 nitrogen and oxygen atoms in total. The first-order valence-electron chi connectivity index (χ1n) is 9.12. The van der Waals surface area contributed by atoms with Crippen LogP contribution in [-0.2, 0) is 7.05 Å². The maximum absolute atomic E-state index is 12.5. The van der Waals surface area contributed by atoms with Crippen molar-refractivity contribution in [1.29, 1.82) is 0 Å². The fraction of sp³-hybridized carbons (Fsp3) is 0.350. The first-order valence-corrected chi connectivity index (χ1v) is 9.50. The lowest BCUT2D eigenvalue weighted by Gasteiger charge is -2.34. The van der Waals surface area contributed by atoms with Crippen molar-refractivity contribution >= 4 is 34.2 Å². The highest BCUT2D eigenvalue weighted by Crippen LogP contribution is 2.23. The van der Waals surface area contributed by atoms with Crippen LogP contribution in [0.4, 0.5) is 5.82 Å². The van der Waals surface area contributed by atoms with Crippen molar-refractivity contribution in [3.8, 4) is 0 Å². The Balaban J connectivity index is 1.47. The van der Waals surface area contributed by atoms with E-state index in [0.29, 0.717) is 10.7 Å². The lowest BCUT2D eigenvalue weighted by molar-refractivity contribution is 0.0927. The molecule has 4 rings (SSSR count). The molecule has 0 aliphatic carbocycles. The number of rotatable bonds is 3. The number of aryl methyl sites for hydroxylation is 2. The summed E-state index contributed by atoms with van der Waals surface area (Å²) in [6.45, 7) is 3.61. The molecule has 3 heterocycles. The summed E-state index contributed by atoms with van der Waals surface area (Å²) in [7, 11) is 1.84. The molecule has 27 heavy (non-hydrogen) atoms. The quantitative estimate of drug-likeness (QED) is 0.753. The zero-order chi connectivity index (χ0) is 19.0. The van der Waals surface area contributed by atoms with E-state index in [9.17, 15) is 4.79 Å². The van der Waals surface area contributed by atoms with Crippen LogP contribution in [0.15, 0.2) is 36.4 Å². The van der Waals surface area contributed by atoms with Gasteiger partial charge in [0.25, 0.3) is 5.91 Å². The Morgan fingerprint density at radius 2 is 2.11 bits per heavy atom. The molecule has 3 aromatic rings.